The Morgan fingerprint density at radius 2 is 1.84 bits per heavy atom. The Hall–Kier alpha value is -1.98. The first-order chi connectivity index (χ1) is 11.9. The van der Waals surface area contributed by atoms with E-state index in [0.717, 1.165) is 33.9 Å². The quantitative estimate of drug-likeness (QED) is 0.755. The van der Waals surface area contributed by atoms with Crippen LogP contribution in [0.25, 0.3) is 0 Å². The van der Waals surface area contributed by atoms with Crippen LogP contribution in [0.1, 0.15) is 29.7 Å². The molecule has 1 aliphatic heterocycles. The number of hydrogen-bond donors (Lipinski definition) is 2. The van der Waals surface area contributed by atoms with Gasteiger partial charge in [-0.1, -0.05) is 23.7 Å². The van der Waals surface area contributed by atoms with Crippen molar-refractivity contribution in [3.63, 3.8) is 0 Å². The van der Waals surface area contributed by atoms with Crippen LogP contribution in [0.15, 0.2) is 30.3 Å². The standard InChI is InChI=1S/C19H21ClN2O2S/c1-11-8-12(2)18(15(20)9-11)22-19(25)21-13(3)14-4-5-16-17(10-14)24-7-6-23-16/h4-5,8-10,13H,6-7H2,1-3H3,(H2,21,22,25)/t13-/m0/s1. The summed E-state index contributed by atoms with van der Waals surface area (Å²) in [5.41, 5.74) is 4.08. The zero-order valence-electron chi connectivity index (χ0n) is 14.5. The van der Waals surface area contributed by atoms with Crippen LogP contribution in [0, 0.1) is 13.8 Å². The van der Waals surface area contributed by atoms with Crippen LogP contribution in [0.2, 0.25) is 5.02 Å². The molecule has 2 aromatic rings. The summed E-state index contributed by atoms with van der Waals surface area (Å²) in [4.78, 5) is 0. The number of aryl methyl sites for hydroxylation is 2. The van der Waals surface area contributed by atoms with Gasteiger partial charge in [-0.05, 0) is 67.9 Å². The third kappa shape index (κ3) is 4.17. The average molecular weight is 377 g/mol. The van der Waals surface area contributed by atoms with Crippen molar-refractivity contribution >= 4 is 34.6 Å². The SMILES string of the molecule is Cc1cc(C)c(NC(=S)N[C@@H](C)c2ccc3c(c2)OCCO3)c(Cl)c1. The molecule has 1 atom stereocenters. The van der Waals surface area contributed by atoms with Gasteiger partial charge in [0, 0.05) is 0 Å². The molecule has 0 amide bonds. The minimum atomic E-state index is 0.0142. The smallest absolute Gasteiger partial charge is 0.171 e. The summed E-state index contributed by atoms with van der Waals surface area (Å²) < 4.78 is 11.2. The summed E-state index contributed by atoms with van der Waals surface area (Å²) >= 11 is 11.8. The van der Waals surface area contributed by atoms with Crippen LogP contribution < -0.4 is 20.1 Å². The van der Waals surface area contributed by atoms with Gasteiger partial charge in [0.2, 0.25) is 0 Å². The Balaban J connectivity index is 1.69. The van der Waals surface area contributed by atoms with Gasteiger partial charge in [-0.25, -0.2) is 0 Å². The first-order valence-electron chi connectivity index (χ1n) is 8.18. The van der Waals surface area contributed by atoms with Gasteiger partial charge in [0.25, 0.3) is 0 Å². The van der Waals surface area contributed by atoms with E-state index in [4.69, 9.17) is 33.3 Å². The molecule has 0 fully saturated rings. The predicted molar refractivity (Wildman–Crippen MR) is 106 cm³/mol. The van der Waals surface area contributed by atoms with E-state index in [1.165, 1.54) is 0 Å². The van der Waals surface area contributed by atoms with E-state index < -0.39 is 0 Å². The molecule has 0 unspecified atom stereocenters. The van der Waals surface area contributed by atoms with E-state index in [1.54, 1.807) is 0 Å². The zero-order valence-corrected chi connectivity index (χ0v) is 16.1. The van der Waals surface area contributed by atoms with E-state index in [-0.39, 0.29) is 6.04 Å². The van der Waals surface area contributed by atoms with Gasteiger partial charge in [0.15, 0.2) is 16.6 Å². The zero-order chi connectivity index (χ0) is 18.0. The summed E-state index contributed by atoms with van der Waals surface area (Å²) in [5, 5.41) is 7.67. The van der Waals surface area contributed by atoms with Crippen molar-refractivity contribution in [2.45, 2.75) is 26.8 Å². The van der Waals surface area contributed by atoms with Crippen molar-refractivity contribution in [3.8, 4) is 11.5 Å². The van der Waals surface area contributed by atoms with Gasteiger partial charge >= 0.3 is 0 Å². The van der Waals surface area contributed by atoms with Crippen molar-refractivity contribution < 1.29 is 9.47 Å². The molecule has 132 valence electrons. The lowest BCUT2D eigenvalue weighted by Crippen LogP contribution is -2.31. The number of benzene rings is 2. The van der Waals surface area contributed by atoms with Crippen molar-refractivity contribution in [1.29, 1.82) is 0 Å². The summed E-state index contributed by atoms with van der Waals surface area (Å²) in [6.07, 6.45) is 0. The molecule has 4 nitrogen and oxygen atoms in total. The lowest BCUT2D eigenvalue weighted by atomic mass is 10.1. The monoisotopic (exact) mass is 376 g/mol. The maximum Gasteiger partial charge on any atom is 0.171 e. The van der Waals surface area contributed by atoms with Crippen LogP contribution in [-0.2, 0) is 0 Å². The highest BCUT2D eigenvalue weighted by Gasteiger charge is 2.15. The molecule has 3 rings (SSSR count). The van der Waals surface area contributed by atoms with E-state index in [0.29, 0.717) is 23.3 Å². The summed E-state index contributed by atoms with van der Waals surface area (Å²) in [6, 6.07) is 9.93. The van der Waals surface area contributed by atoms with Crippen LogP contribution in [-0.4, -0.2) is 18.3 Å². The van der Waals surface area contributed by atoms with Gasteiger partial charge in [0.05, 0.1) is 16.8 Å². The molecule has 1 aliphatic rings. The largest absolute Gasteiger partial charge is 0.486 e. The molecule has 0 saturated heterocycles. The molecule has 0 radical (unpaired) electrons. The first kappa shape index (κ1) is 17.8. The number of thiocarbonyl (C=S) groups is 1. The highest BCUT2D eigenvalue weighted by Crippen LogP contribution is 2.33. The van der Waals surface area contributed by atoms with E-state index >= 15 is 0 Å². The highest BCUT2D eigenvalue weighted by atomic mass is 35.5. The fraction of sp³-hybridized carbons (Fsp3) is 0.316. The Morgan fingerprint density at radius 3 is 2.56 bits per heavy atom. The number of anilines is 1. The number of rotatable bonds is 3. The lowest BCUT2D eigenvalue weighted by Gasteiger charge is -2.22. The number of fused-ring (bicyclic) bond motifs is 1. The molecule has 0 bridgehead atoms. The summed E-state index contributed by atoms with van der Waals surface area (Å²) in [6.45, 7) is 7.23. The van der Waals surface area contributed by atoms with Crippen LogP contribution in [0.3, 0.4) is 0 Å². The van der Waals surface area contributed by atoms with Gasteiger partial charge in [-0.15, -0.1) is 0 Å². The molecular weight excluding hydrogens is 356 g/mol. The molecule has 0 spiro atoms. The van der Waals surface area contributed by atoms with Crippen LogP contribution in [0.5, 0.6) is 11.5 Å². The average Bonchev–Trinajstić information content (AvgIpc) is 2.57. The normalized spacial score (nSPS) is 13.9. The number of halogens is 1. The maximum absolute atomic E-state index is 6.33. The first-order valence-corrected chi connectivity index (χ1v) is 8.96. The minimum absolute atomic E-state index is 0.0142. The predicted octanol–water partition coefficient (Wildman–Crippen LogP) is 4.78. The van der Waals surface area contributed by atoms with Gasteiger partial charge in [-0.3, -0.25) is 0 Å². The second-order valence-electron chi connectivity index (χ2n) is 6.16. The molecule has 25 heavy (non-hydrogen) atoms. The Labute approximate surface area is 158 Å². The maximum atomic E-state index is 6.33. The second-order valence-corrected chi connectivity index (χ2v) is 6.98. The number of hydrogen-bond acceptors (Lipinski definition) is 3. The van der Waals surface area contributed by atoms with Crippen LogP contribution >= 0.6 is 23.8 Å². The fourth-order valence-electron chi connectivity index (χ4n) is 2.83. The molecule has 2 N–H and O–H groups in total. The minimum Gasteiger partial charge on any atom is -0.486 e. The van der Waals surface area contributed by atoms with Crippen molar-refractivity contribution in [1.82, 2.24) is 5.32 Å². The molecule has 6 heteroatoms. The van der Waals surface area contributed by atoms with Gasteiger partial charge < -0.3 is 20.1 Å². The highest BCUT2D eigenvalue weighted by molar-refractivity contribution is 7.80. The molecular formula is C19H21ClN2O2S. The fourth-order valence-corrected chi connectivity index (χ4v) is 3.48. The van der Waals surface area contributed by atoms with Crippen molar-refractivity contribution in [3.05, 3.63) is 52.0 Å². The summed E-state index contributed by atoms with van der Waals surface area (Å²) in [7, 11) is 0. The second kappa shape index (κ2) is 7.50. The molecule has 1 heterocycles. The van der Waals surface area contributed by atoms with Gasteiger partial charge in [0.1, 0.15) is 13.2 Å². The van der Waals surface area contributed by atoms with Crippen molar-refractivity contribution in [2.24, 2.45) is 0 Å². The molecule has 2 aromatic carbocycles. The third-order valence-corrected chi connectivity index (χ3v) is 4.60. The number of nitrogens with one attached hydrogen (secondary N) is 2. The molecule has 0 aliphatic carbocycles. The van der Waals surface area contributed by atoms with E-state index in [1.807, 2.05) is 45.0 Å². The van der Waals surface area contributed by atoms with E-state index in [9.17, 15) is 0 Å². The Bertz CT molecular complexity index is 787. The molecule has 0 saturated carbocycles. The van der Waals surface area contributed by atoms with Gasteiger partial charge in [-0.2, -0.15) is 0 Å². The van der Waals surface area contributed by atoms with Crippen LogP contribution in [0.4, 0.5) is 5.69 Å². The third-order valence-electron chi connectivity index (χ3n) is 4.08. The van der Waals surface area contributed by atoms with E-state index in [2.05, 4.69) is 16.7 Å². The molecule has 0 aromatic heterocycles. The van der Waals surface area contributed by atoms with Crippen molar-refractivity contribution in [2.75, 3.05) is 18.5 Å². The lowest BCUT2D eigenvalue weighted by molar-refractivity contribution is 0.171. The Kier molecular flexibility index (Phi) is 5.35. The topological polar surface area (TPSA) is 42.5 Å². The number of ether oxygens (including phenoxy) is 2. The Morgan fingerprint density at radius 1 is 1.12 bits per heavy atom. The summed E-state index contributed by atoms with van der Waals surface area (Å²) in [5.74, 6) is 1.55.